The van der Waals surface area contributed by atoms with Crippen LogP contribution in [0.15, 0.2) is 21.6 Å². The van der Waals surface area contributed by atoms with E-state index in [1.54, 1.807) is 25.1 Å². The number of hydrogen-bond acceptors (Lipinski definition) is 4. The van der Waals surface area contributed by atoms with Crippen molar-refractivity contribution in [3.05, 3.63) is 12.1 Å². The third-order valence-corrected chi connectivity index (χ3v) is 2.07. The van der Waals surface area contributed by atoms with Crippen LogP contribution >= 0.6 is 0 Å². The van der Waals surface area contributed by atoms with Gasteiger partial charge < -0.3 is 9.32 Å². The van der Waals surface area contributed by atoms with Gasteiger partial charge in [-0.2, -0.15) is 0 Å². The first kappa shape index (κ1) is 9.08. The predicted octanol–water partition coefficient (Wildman–Crippen LogP) is -0.00700. The van der Waals surface area contributed by atoms with Gasteiger partial charge in [-0.3, -0.25) is 0 Å². The fraction of sp³-hybridized carbons (Fsp3) is 0.333. The van der Waals surface area contributed by atoms with Gasteiger partial charge in [0.15, 0.2) is 5.88 Å². The predicted molar refractivity (Wildman–Crippen MR) is 44.4 cm³/mol. The highest BCUT2D eigenvalue weighted by molar-refractivity contribution is 7.89. The maximum Gasteiger partial charge on any atom is 0.271 e. The van der Waals surface area contributed by atoms with Gasteiger partial charge in [0, 0.05) is 20.2 Å². The van der Waals surface area contributed by atoms with Crippen LogP contribution in [0.1, 0.15) is 0 Å². The molecule has 1 aromatic rings. The van der Waals surface area contributed by atoms with E-state index in [0.717, 1.165) is 0 Å². The van der Waals surface area contributed by atoms with Crippen LogP contribution in [-0.4, -0.2) is 22.5 Å². The number of nitrogens with zero attached hydrogens (tertiary/aromatic N) is 1. The molecule has 0 saturated heterocycles. The summed E-state index contributed by atoms with van der Waals surface area (Å²) in [5.41, 5.74) is 0. The van der Waals surface area contributed by atoms with Crippen LogP contribution in [-0.2, 0) is 10.0 Å². The van der Waals surface area contributed by atoms with Crippen molar-refractivity contribution >= 4 is 15.9 Å². The van der Waals surface area contributed by atoms with Crippen LogP contribution in [0.25, 0.3) is 0 Å². The Hall–Kier alpha value is -1.01. The number of nitrogens with two attached hydrogens (primary N) is 1. The summed E-state index contributed by atoms with van der Waals surface area (Å²) in [6, 6.07) is 2.87. The van der Waals surface area contributed by atoms with Gasteiger partial charge in [-0.25, -0.2) is 13.6 Å². The molecule has 1 rings (SSSR count). The molecule has 0 fully saturated rings. The molecule has 0 spiro atoms. The first-order valence-corrected chi connectivity index (χ1v) is 4.76. The van der Waals surface area contributed by atoms with E-state index in [-0.39, 0.29) is 5.09 Å². The number of hydrogen-bond donors (Lipinski definition) is 1. The van der Waals surface area contributed by atoms with Crippen LogP contribution in [0, 0.1) is 0 Å². The minimum absolute atomic E-state index is 0.216. The first-order chi connectivity index (χ1) is 5.41. The van der Waals surface area contributed by atoms with Gasteiger partial charge in [-0.05, 0) is 6.07 Å². The van der Waals surface area contributed by atoms with Gasteiger partial charge in [-0.1, -0.05) is 0 Å². The first-order valence-electron chi connectivity index (χ1n) is 3.21. The van der Waals surface area contributed by atoms with Crippen molar-refractivity contribution in [3.8, 4) is 0 Å². The van der Waals surface area contributed by atoms with Gasteiger partial charge >= 0.3 is 0 Å². The van der Waals surface area contributed by atoms with E-state index >= 15 is 0 Å². The zero-order valence-electron chi connectivity index (χ0n) is 6.81. The molecule has 68 valence electrons. The minimum atomic E-state index is -3.71. The molecule has 2 N–H and O–H groups in total. The molecule has 12 heavy (non-hydrogen) atoms. The fourth-order valence-electron chi connectivity index (χ4n) is 0.704. The summed E-state index contributed by atoms with van der Waals surface area (Å²) in [5.74, 6) is 0.457. The summed E-state index contributed by atoms with van der Waals surface area (Å²) in [6.07, 6.45) is 0. The van der Waals surface area contributed by atoms with Crippen molar-refractivity contribution in [2.45, 2.75) is 5.09 Å². The maximum atomic E-state index is 10.7. The molecule has 0 aliphatic carbocycles. The van der Waals surface area contributed by atoms with E-state index in [1.165, 1.54) is 6.07 Å². The zero-order valence-corrected chi connectivity index (χ0v) is 7.63. The lowest BCUT2D eigenvalue weighted by molar-refractivity contribution is 0.453. The van der Waals surface area contributed by atoms with Gasteiger partial charge in [-0.15, -0.1) is 0 Å². The summed E-state index contributed by atoms with van der Waals surface area (Å²) in [7, 11) is -0.225. The SMILES string of the molecule is CN(C)c1ccc(S(N)(=O)=O)o1. The van der Waals surface area contributed by atoms with Gasteiger partial charge in [0.2, 0.25) is 5.09 Å². The molecule has 0 amide bonds. The molecule has 0 atom stereocenters. The van der Waals surface area contributed by atoms with E-state index in [9.17, 15) is 8.42 Å². The van der Waals surface area contributed by atoms with E-state index in [0.29, 0.717) is 5.88 Å². The summed E-state index contributed by atoms with van der Waals surface area (Å²) in [5, 5.41) is 4.61. The third-order valence-electron chi connectivity index (χ3n) is 1.29. The van der Waals surface area contributed by atoms with Crippen molar-refractivity contribution < 1.29 is 12.8 Å². The van der Waals surface area contributed by atoms with Gasteiger partial charge in [0.05, 0.1) is 0 Å². The number of sulfonamides is 1. The van der Waals surface area contributed by atoms with Gasteiger partial charge in [0.25, 0.3) is 10.0 Å². The standard InChI is InChI=1S/C6H10N2O3S/c1-8(2)5-3-4-6(11-5)12(7,9)10/h3-4H,1-2H3,(H2,7,9,10). The summed E-state index contributed by atoms with van der Waals surface area (Å²) < 4.78 is 26.4. The Kier molecular flexibility index (Phi) is 2.12. The molecule has 5 nitrogen and oxygen atoms in total. The number of furan rings is 1. The molecule has 0 saturated carbocycles. The number of rotatable bonds is 2. The molecule has 1 heterocycles. The number of anilines is 1. The summed E-state index contributed by atoms with van der Waals surface area (Å²) in [4.78, 5) is 1.65. The van der Waals surface area contributed by atoms with Crippen LogP contribution in [0.4, 0.5) is 5.88 Å². The zero-order chi connectivity index (χ0) is 9.35. The second-order valence-electron chi connectivity index (χ2n) is 2.53. The Morgan fingerprint density at radius 1 is 1.42 bits per heavy atom. The molecular weight excluding hydrogens is 180 g/mol. The lowest BCUT2D eigenvalue weighted by Gasteiger charge is -2.05. The molecule has 1 aromatic heterocycles. The lowest BCUT2D eigenvalue weighted by Crippen LogP contribution is -2.11. The van der Waals surface area contributed by atoms with E-state index in [1.807, 2.05) is 0 Å². The fourth-order valence-corrected chi connectivity index (χ4v) is 1.16. The van der Waals surface area contributed by atoms with Crippen molar-refractivity contribution in [2.75, 3.05) is 19.0 Å². The summed E-state index contributed by atoms with van der Waals surface area (Å²) >= 11 is 0. The minimum Gasteiger partial charge on any atom is -0.428 e. The highest BCUT2D eigenvalue weighted by atomic mass is 32.2. The average Bonchev–Trinajstić information content (AvgIpc) is 2.30. The molecule has 6 heteroatoms. The highest BCUT2D eigenvalue weighted by Crippen LogP contribution is 2.18. The lowest BCUT2D eigenvalue weighted by atomic mass is 10.6. The molecule has 0 radical (unpaired) electrons. The molecule has 0 unspecified atom stereocenters. The van der Waals surface area contributed by atoms with Crippen molar-refractivity contribution in [1.82, 2.24) is 0 Å². The van der Waals surface area contributed by atoms with Gasteiger partial charge in [0.1, 0.15) is 0 Å². The Bertz CT molecular complexity index is 366. The Labute approximate surface area is 70.8 Å². The van der Waals surface area contributed by atoms with Crippen LogP contribution in [0.2, 0.25) is 0 Å². The molecule has 0 aliphatic heterocycles. The third kappa shape index (κ3) is 1.77. The molecular formula is C6H10N2O3S. The Morgan fingerprint density at radius 2 is 2.00 bits per heavy atom. The van der Waals surface area contributed by atoms with Crippen LogP contribution in [0.3, 0.4) is 0 Å². The second kappa shape index (κ2) is 2.80. The normalized spacial score (nSPS) is 11.6. The van der Waals surface area contributed by atoms with E-state index in [4.69, 9.17) is 9.56 Å². The molecule has 0 aliphatic rings. The second-order valence-corrected chi connectivity index (χ2v) is 4.02. The van der Waals surface area contributed by atoms with Crippen molar-refractivity contribution in [1.29, 1.82) is 0 Å². The van der Waals surface area contributed by atoms with Crippen LogP contribution in [0.5, 0.6) is 0 Å². The quantitative estimate of drug-likeness (QED) is 0.711. The maximum absolute atomic E-state index is 10.7. The number of primary sulfonamides is 1. The van der Waals surface area contributed by atoms with Crippen molar-refractivity contribution in [2.24, 2.45) is 5.14 Å². The largest absolute Gasteiger partial charge is 0.428 e. The smallest absolute Gasteiger partial charge is 0.271 e. The highest BCUT2D eigenvalue weighted by Gasteiger charge is 2.13. The van der Waals surface area contributed by atoms with Crippen molar-refractivity contribution in [3.63, 3.8) is 0 Å². The molecule has 0 bridgehead atoms. The Morgan fingerprint density at radius 3 is 2.25 bits per heavy atom. The summed E-state index contributed by atoms with van der Waals surface area (Å²) in [6.45, 7) is 0. The average molecular weight is 190 g/mol. The monoisotopic (exact) mass is 190 g/mol. The Balaban J connectivity index is 3.09. The molecule has 0 aromatic carbocycles. The van der Waals surface area contributed by atoms with E-state index < -0.39 is 10.0 Å². The van der Waals surface area contributed by atoms with E-state index in [2.05, 4.69) is 0 Å². The topological polar surface area (TPSA) is 76.5 Å². The van der Waals surface area contributed by atoms with Crippen LogP contribution < -0.4 is 10.0 Å².